The molecule has 0 amide bonds. The van der Waals surface area contributed by atoms with Gasteiger partial charge in [-0.25, -0.2) is 12.8 Å². The van der Waals surface area contributed by atoms with E-state index < -0.39 is 15.8 Å². The molecule has 112 valence electrons. The number of nitrogens with one attached hydrogen (secondary N) is 1. The fourth-order valence-electron chi connectivity index (χ4n) is 1.61. The minimum Gasteiger partial charge on any atom is -0.398 e. The Balaban J connectivity index is 2.46. The molecule has 2 aromatic rings. The summed E-state index contributed by atoms with van der Waals surface area (Å²) >= 11 is 11.8. The molecule has 0 aliphatic rings. The fraction of sp³-hybridized carbons (Fsp3) is 0.0769. The molecule has 0 aliphatic heterocycles. The summed E-state index contributed by atoms with van der Waals surface area (Å²) in [5.74, 6) is -0.612. The van der Waals surface area contributed by atoms with Crippen LogP contribution in [0.25, 0.3) is 0 Å². The highest BCUT2D eigenvalue weighted by Crippen LogP contribution is 2.29. The minimum atomic E-state index is -3.98. The predicted molar refractivity (Wildman–Crippen MR) is 82.8 cm³/mol. The Morgan fingerprint density at radius 3 is 2.43 bits per heavy atom. The van der Waals surface area contributed by atoms with Crippen LogP contribution in [0.3, 0.4) is 0 Å². The van der Waals surface area contributed by atoms with Gasteiger partial charge in [0.2, 0.25) is 0 Å². The highest BCUT2D eigenvalue weighted by Gasteiger charge is 2.18. The molecule has 0 spiro atoms. The summed E-state index contributed by atoms with van der Waals surface area (Å²) in [6.45, 7) is 1.67. The molecule has 0 atom stereocenters. The van der Waals surface area contributed by atoms with Crippen molar-refractivity contribution in [1.82, 2.24) is 0 Å². The normalized spacial score (nSPS) is 11.4. The average Bonchev–Trinajstić information content (AvgIpc) is 2.39. The Morgan fingerprint density at radius 2 is 1.81 bits per heavy atom. The molecule has 0 fully saturated rings. The first-order valence-corrected chi connectivity index (χ1v) is 7.98. The molecule has 0 heterocycles. The first kappa shape index (κ1) is 15.9. The molecule has 0 saturated carbocycles. The van der Waals surface area contributed by atoms with E-state index in [1.165, 1.54) is 18.2 Å². The molecular formula is C13H11Cl2FN2O2S. The molecule has 2 aromatic carbocycles. The van der Waals surface area contributed by atoms with Crippen LogP contribution in [0.1, 0.15) is 5.56 Å². The van der Waals surface area contributed by atoms with Gasteiger partial charge in [0.25, 0.3) is 10.0 Å². The standard InChI is InChI=1S/C13H11Cl2FN2O2S/c1-7-11(15)5-9(6-12(7)17)21(19,20)18-13-4-8(16)2-3-10(13)14/h2-6,18H,17H2,1H3. The number of nitrogens with two attached hydrogens (primary N) is 1. The number of hydrogen-bond acceptors (Lipinski definition) is 3. The number of benzene rings is 2. The van der Waals surface area contributed by atoms with Crippen molar-refractivity contribution >= 4 is 44.6 Å². The zero-order chi connectivity index (χ0) is 15.8. The second-order valence-corrected chi connectivity index (χ2v) is 6.85. The lowest BCUT2D eigenvalue weighted by Crippen LogP contribution is -2.14. The first-order chi connectivity index (χ1) is 9.70. The van der Waals surface area contributed by atoms with Crippen molar-refractivity contribution in [2.24, 2.45) is 0 Å². The van der Waals surface area contributed by atoms with Gasteiger partial charge in [-0.2, -0.15) is 0 Å². The quantitative estimate of drug-likeness (QED) is 0.828. The summed E-state index contributed by atoms with van der Waals surface area (Å²) in [5.41, 5.74) is 6.47. The fourth-order valence-corrected chi connectivity index (χ4v) is 3.25. The number of halogens is 3. The molecule has 0 saturated heterocycles. The minimum absolute atomic E-state index is 0.0630. The van der Waals surface area contributed by atoms with Gasteiger partial charge in [-0.1, -0.05) is 23.2 Å². The van der Waals surface area contributed by atoms with E-state index in [9.17, 15) is 12.8 Å². The Hall–Kier alpha value is -1.50. The van der Waals surface area contributed by atoms with Crippen LogP contribution < -0.4 is 10.5 Å². The molecule has 0 radical (unpaired) electrons. The highest BCUT2D eigenvalue weighted by atomic mass is 35.5. The van der Waals surface area contributed by atoms with Crippen LogP contribution in [-0.4, -0.2) is 8.42 Å². The van der Waals surface area contributed by atoms with Gasteiger partial charge in [0.05, 0.1) is 15.6 Å². The van der Waals surface area contributed by atoms with E-state index in [2.05, 4.69) is 4.72 Å². The third-order valence-electron chi connectivity index (χ3n) is 2.84. The molecule has 8 heteroatoms. The van der Waals surface area contributed by atoms with Crippen molar-refractivity contribution in [3.05, 3.63) is 51.8 Å². The second-order valence-electron chi connectivity index (χ2n) is 4.35. The third-order valence-corrected chi connectivity index (χ3v) is 4.91. The molecule has 0 aliphatic carbocycles. The number of sulfonamides is 1. The average molecular weight is 349 g/mol. The number of nitrogen functional groups attached to an aromatic ring is 1. The summed E-state index contributed by atoms with van der Waals surface area (Å²) in [5, 5.41) is 0.298. The van der Waals surface area contributed by atoms with Gasteiger partial charge in [0, 0.05) is 10.7 Å². The molecule has 0 bridgehead atoms. The zero-order valence-electron chi connectivity index (χ0n) is 10.8. The summed E-state index contributed by atoms with van der Waals surface area (Å²) in [4.78, 5) is -0.129. The Morgan fingerprint density at radius 1 is 1.14 bits per heavy atom. The lowest BCUT2D eigenvalue weighted by molar-refractivity contribution is 0.601. The molecule has 2 rings (SSSR count). The van der Waals surface area contributed by atoms with Crippen molar-refractivity contribution in [3.8, 4) is 0 Å². The van der Waals surface area contributed by atoms with Crippen molar-refractivity contribution in [1.29, 1.82) is 0 Å². The largest absolute Gasteiger partial charge is 0.398 e. The Kier molecular flexibility index (Phi) is 4.32. The van der Waals surface area contributed by atoms with Crippen LogP contribution in [-0.2, 0) is 10.0 Å². The van der Waals surface area contributed by atoms with E-state index >= 15 is 0 Å². The summed E-state index contributed by atoms with van der Waals surface area (Å²) in [6.07, 6.45) is 0. The monoisotopic (exact) mass is 348 g/mol. The molecule has 4 nitrogen and oxygen atoms in total. The maximum absolute atomic E-state index is 13.2. The zero-order valence-corrected chi connectivity index (χ0v) is 13.2. The van der Waals surface area contributed by atoms with Crippen LogP contribution in [0.15, 0.2) is 35.2 Å². The van der Waals surface area contributed by atoms with Crippen molar-refractivity contribution in [2.75, 3.05) is 10.5 Å². The van der Waals surface area contributed by atoms with E-state index in [-0.39, 0.29) is 26.3 Å². The topological polar surface area (TPSA) is 72.2 Å². The molecule has 0 unspecified atom stereocenters. The van der Waals surface area contributed by atoms with E-state index in [1.54, 1.807) is 6.92 Å². The van der Waals surface area contributed by atoms with E-state index in [0.717, 1.165) is 12.1 Å². The lowest BCUT2D eigenvalue weighted by Gasteiger charge is -2.12. The smallest absolute Gasteiger partial charge is 0.262 e. The van der Waals surface area contributed by atoms with Crippen LogP contribution >= 0.6 is 23.2 Å². The Bertz CT molecular complexity index is 787. The van der Waals surface area contributed by atoms with Gasteiger partial charge in [-0.15, -0.1) is 0 Å². The number of hydrogen-bond donors (Lipinski definition) is 2. The van der Waals surface area contributed by atoms with Crippen molar-refractivity contribution in [2.45, 2.75) is 11.8 Å². The second kappa shape index (κ2) is 5.71. The van der Waals surface area contributed by atoms with Crippen molar-refractivity contribution < 1.29 is 12.8 Å². The molecular weight excluding hydrogens is 338 g/mol. The van der Waals surface area contributed by atoms with E-state index in [1.807, 2.05) is 0 Å². The van der Waals surface area contributed by atoms with Crippen LogP contribution in [0.5, 0.6) is 0 Å². The third kappa shape index (κ3) is 3.40. The molecule has 3 N–H and O–H groups in total. The summed E-state index contributed by atoms with van der Waals surface area (Å²) < 4.78 is 39.9. The first-order valence-electron chi connectivity index (χ1n) is 5.74. The van der Waals surface area contributed by atoms with Crippen LogP contribution in [0, 0.1) is 12.7 Å². The van der Waals surface area contributed by atoms with Crippen molar-refractivity contribution in [3.63, 3.8) is 0 Å². The number of rotatable bonds is 3. The van der Waals surface area contributed by atoms with Gasteiger partial charge >= 0.3 is 0 Å². The summed E-state index contributed by atoms with van der Waals surface area (Å²) in [7, 11) is -3.98. The summed E-state index contributed by atoms with van der Waals surface area (Å²) in [6, 6.07) is 5.91. The molecule has 21 heavy (non-hydrogen) atoms. The lowest BCUT2D eigenvalue weighted by atomic mass is 10.2. The van der Waals surface area contributed by atoms with Gasteiger partial charge < -0.3 is 5.73 Å². The van der Waals surface area contributed by atoms with Crippen LogP contribution in [0.2, 0.25) is 10.0 Å². The number of anilines is 2. The van der Waals surface area contributed by atoms with E-state index in [0.29, 0.717) is 5.56 Å². The van der Waals surface area contributed by atoms with Gasteiger partial charge in [0.1, 0.15) is 5.82 Å². The van der Waals surface area contributed by atoms with E-state index in [4.69, 9.17) is 28.9 Å². The highest BCUT2D eigenvalue weighted by molar-refractivity contribution is 7.92. The van der Waals surface area contributed by atoms with Gasteiger partial charge in [0.15, 0.2) is 0 Å². The maximum atomic E-state index is 13.2. The van der Waals surface area contributed by atoms with Crippen LogP contribution in [0.4, 0.5) is 15.8 Å². The van der Waals surface area contributed by atoms with Gasteiger partial charge in [-0.3, -0.25) is 4.72 Å². The molecule has 0 aromatic heterocycles. The SMILES string of the molecule is Cc1c(N)cc(S(=O)(=O)Nc2cc(F)ccc2Cl)cc1Cl. The Labute approximate surface area is 131 Å². The van der Waals surface area contributed by atoms with Gasteiger partial charge in [-0.05, 0) is 42.8 Å². The maximum Gasteiger partial charge on any atom is 0.262 e. The predicted octanol–water partition coefficient (Wildman–Crippen LogP) is 3.82.